The molecule has 0 N–H and O–H groups in total. The van der Waals surface area contributed by atoms with Gasteiger partial charge in [-0.15, -0.1) is 0 Å². The van der Waals surface area contributed by atoms with E-state index in [4.69, 9.17) is 16.6 Å². The molecule has 234 valence electrons. The van der Waals surface area contributed by atoms with Crippen molar-refractivity contribution in [3.05, 3.63) is 88.1 Å². The largest absolute Gasteiger partial charge is 0.355 e. The Balaban J connectivity index is 1.67. The van der Waals surface area contributed by atoms with E-state index in [1.807, 2.05) is 24.9 Å². The summed E-state index contributed by atoms with van der Waals surface area (Å²) in [4.78, 5) is 41.3. The fourth-order valence-corrected chi connectivity index (χ4v) is 7.38. The average Bonchev–Trinajstić information content (AvgIpc) is 2.98. The summed E-state index contributed by atoms with van der Waals surface area (Å²) in [5, 5.41) is 0.482. The van der Waals surface area contributed by atoms with Crippen LogP contribution >= 0.6 is 11.6 Å². The van der Waals surface area contributed by atoms with Crippen LogP contribution in [0.5, 0.6) is 0 Å². The predicted octanol–water partition coefficient (Wildman–Crippen LogP) is 3.90. The SMILES string of the molecule is C=CC(=O)N1CCN(c2nc(=O)n(-c3c(C4CN(C)C4)cccc3S(C)(=O)=O)c3nc(-c4ccccc4Cl)c(F)cc23)[C@@H](C)C1. The second-order valence-corrected chi connectivity index (χ2v) is 14.0. The molecule has 0 radical (unpaired) electrons. The van der Waals surface area contributed by atoms with E-state index in [0.29, 0.717) is 43.9 Å². The van der Waals surface area contributed by atoms with Gasteiger partial charge in [-0.2, -0.15) is 4.98 Å². The van der Waals surface area contributed by atoms with E-state index in [1.165, 1.54) is 22.8 Å². The van der Waals surface area contributed by atoms with Gasteiger partial charge in [0.05, 0.1) is 21.0 Å². The third-order valence-electron chi connectivity index (χ3n) is 8.47. The molecule has 2 aliphatic rings. The van der Waals surface area contributed by atoms with Crippen molar-refractivity contribution in [1.82, 2.24) is 24.3 Å². The Hall–Kier alpha value is -4.13. The lowest BCUT2D eigenvalue weighted by atomic mass is 9.90. The number of likely N-dealkylation sites (tertiary alicyclic amines) is 1. The van der Waals surface area contributed by atoms with E-state index in [2.05, 4.69) is 16.5 Å². The quantitative estimate of drug-likeness (QED) is 0.289. The lowest BCUT2D eigenvalue weighted by Gasteiger charge is -2.40. The number of rotatable bonds is 6. The van der Waals surface area contributed by atoms with E-state index in [-0.39, 0.29) is 56.0 Å². The number of carbonyl (C=O) groups is 1. The molecule has 2 saturated heterocycles. The number of hydrogen-bond donors (Lipinski definition) is 0. The van der Waals surface area contributed by atoms with Crippen LogP contribution in [0.3, 0.4) is 0 Å². The summed E-state index contributed by atoms with van der Waals surface area (Å²) in [5.41, 5.74) is 0.328. The Kier molecular flexibility index (Phi) is 8.00. The van der Waals surface area contributed by atoms with Crippen molar-refractivity contribution in [3.8, 4) is 16.9 Å². The number of fused-ring (bicyclic) bond motifs is 1. The molecule has 4 aromatic rings. The molecule has 2 aliphatic heterocycles. The molecule has 1 atom stereocenters. The number of carbonyl (C=O) groups excluding carboxylic acids is 1. The Morgan fingerprint density at radius 1 is 1.09 bits per heavy atom. The highest BCUT2D eigenvalue weighted by molar-refractivity contribution is 7.90. The summed E-state index contributed by atoms with van der Waals surface area (Å²) < 4.78 is 43.6. The number of likely N-dealkylation sites (N-methyl/N-ethyl adjacent to an activating group) is 1. The van der Waals surface area contributed by atoms with Crippen molar-refractivity contribution in [2.45, 2.75) is 23.8 Å². The number of benzene rings is 2. The number of amides is 1. The van der Waals surface area contributed by atoms with Crippen LogP contribution in [0.25, 0.3) is 28.0 Å². The minimum Gasteiger partial charge on any atom is -0.350 e. The predicted molar refractivity (Wildman–Crippen MR) is 172 cm³/mol. The van der Waals surface area contributed by atoms with Gasteiger partial charge < -0.3 is 14.7 Å². The first-order valence-corrected chi connectivity index (χ1v) is 16.7. The van der Waals surface area contributed by atoms with Crippen LogP contribution in [0.1, 0.15) is 18.4 Å². The van der Waals surface area contributed by atoms with Crippen LogP contribution in [0.15, 0.2) is 70.9 Å². The molecule has 2 fully saturated rings. The maximum absolute atomic E-state index is 16.0. The topological polar surface area (TPSA) is 109 Å². The van der Waals surface area contributed by atoms with E-state index in [1.54, 1.807) is 35.2 Å². The molecule has 0 unspecified atom stereocenters. The number of anilines is 1. The van der Waals surface area contributed by atoms with Crippen molar-refractivity contribution in [1.29, 1.82) is 0 Å². The van der Waals surface area contributed by atoms with Crippen LogP contribution in [0.4, 0.5) is 10.2 Å². The van der Waals surface area contributed by atoms with Crippen LogP contribution < -0.4 is 10.6 Å². The van der Waals surface area contributed by atoms with E-state index in [9.17, 15) is 18.0 Å². The van der Waals surface area contributed by atoms with Gasteiger partial charge >= 0.3 is 5.69 Å². The Morgan fingerprint density at radius 2 is 1.82 bits per heavy atom. The lowest BCUT2D eigenvalue weighted by molar-refractivity contribution is -0.126. The van der Waals surface area contributed by atoms with Gasteiger partial charge in [0.15, 0.2) is 15.5 Å². The summed E-state index contributed by atoms with van der Waals surface area (Å²) in [5.74, 6) is -0.747. The van der Waals surface area contributed by atoms with Gasteiger partial charge in [0.1, 0.15) is 17.3 Å². The third-order valence-corrected chi connectivity index (χ3v) is 9.93. The highest BCUT2D eigenvalue weighted by atomic mass is 35.5. The number of halogens is 2. The van der Waals surface area contributed by atoms with Gasteiger partial charge in [-0.25, -0.2) is 27.2 Å². The molecule has 1 amide bonds. The fourth-order valence-electron chi connectivity index (χ4n) is 6.27. The zero-order valence-electron chi connectivity index (χ0n) is 25.1. The van der Waals surface area contributed by atoms with E-state index >= 15 is 4.39 Å². The Labute approximate surface area is 265 Å². The molecule has 0 spiro atoms. The fraction of sp³-hybridized carbons (Fsp3) is 0.312. The number of hydrogen-bond acceptors (Lipinski definition) is 8. The molecular weight excluding hydrogens is 619 g/mol. The summed E-state index contributed by atoms with van der Waals surface area (Å²) in [6, 6.07) is 12.6. The van der Waals surface area contributed by atoms with Gasteiger partial charge in [0.2, 0.25) is 5.91 Å². The first-order chi connectivity index (χ1) is 21.4. The molecule has 2 aromatic carbocycles. The number of piperazine rings is 1. The summed E-state index contributed by atoms with van der Waals surface area (Å²) >= 11 is 6.47. The van der Waals surface area contributed by atoms with Crippen LogP contribution in [0, 0.1) is 5.82 Å². The molecule has 45 heavy (non-hydrogen) atoms. The van der Waals surface area contributed by atoms with Crippen molar-refractivity contribution < 1.29 is 17.6 Å². The lowest BCUT2D eigenvalue weighted by Crippen LogP contribution is -2.54. The van der Waals surface area contributed by atoms with Crippen molar-refractivity contribution in [3.63, 3.8) is 0 Å². The van der Waals surface area contributed by atoms with Crippen LogP contribution in [-0.2, 0) is 14.6 Å². The first kappa shape index (κ1) is 30.9. The monoisotopic (exact) mass is 650 g/mol. The second-order valence-electron chi connectivity index (χ2n) is 11.6. The molecule has 0 aliphatic carbocycles. The van der Waals surface area contributed by atoms with Gasteiger partial charge in [-0.1, -0.05) is 48.5 Å². The average molecular weight is 651 g/mol. The molecule has 13 heteroatoms. The maximum Gasteiger partial charge on any atom is 0.355 e. The van der Waals surface area contributed by atoms with Crippen molar-refractivity contribution in [2.75, 3.05) is 50.9 Å². The third kappa shape index (κ3) is 5.51. The standard InChI is InChI=1S/C32H32ClFN6O4S/c1-5-27(41)38-13-14-39(19(2)16-38)30-23-15-25(34)28(22-9-6-7-11-24(22)33)35-31(23)40(32(42)36-30)29-21(20-17-37(3)18-20)10-8-12-26(29)45(4,43)44/h5-12,15,19-20H,1,13-14,16-18H2,2-4H3/t19-/m0/s1. The Morgan fingerprint density at radius 3 is 2.47 bits per heavy atom. The molecule has 4 heterocycles. The number of sulfone groups is 1. The zero-order chi connectivity index (χ0) is 32.2. The molecular formula is C32H32ClFN6O4S. The molecule has 0 bridgehead atoms. The highest BCUT2D eigenvalue weighted by Crippen LogP contribution is 2.38. The minimum atomic E-state index is -3.83. The van der Waals surface area contributed by atoms with Crippen LogP contribution in [0.2, 0.25) is 5.02 Å². The summed E-state index contributed by atoms with van der Waals surface area (Å²) in [6.45, 7) is 7.77. The zero-order valence-corrected chi connectivity index (χ0v) is 26.6. The van der Waals surface area contributed by atoms with Gasteiger partial charge in [0, 0.05) is 56.5 Å². The van der Waals surface area contributed by atoms with Crippen LogP contribution in [-0.4, -0.2) is 90.7 Å². The van der Waals surface area contributed by atoms with Crippen molar-refractivity contribution >= 4 is 44.2 Å². The van der Waals surface area contributed by atoms with Crippen molar-refractivity contribution in [2.24, 2.45) is 0 Å². The highest BCUT2D eigenvalue weighted by Gasteiger charge is 2.34. The molecule has 0 saturated carbocycles. The summed E-state index contributed by atoms with van der Waals surface area (Å²) in [7, 11) is -1.88. The minimum absolute atomic E-state index is 0.0446. The molecule has 6 rings (SSSR count). The van der Waals surface area contributed by atoms with Gasteiger partial charge in [-0.3, -0.25) is 4.79 Å². The van der Waals surface area contributed by atoms with E-state index < -0.39 is 21.3 Å². The second kappa shape index (κ2) is 11.7. The number of pyridine rings is 1. The summed E-state index contributed by atoms with van der Waals surface area (Å²) in [6.07, 6.45) is 2.34. The molecule has 10 nitrogen and oxygen atoms in total. The van der Waals surface area contributed by atoms with E-state index in [0.717, 1.165) is 6.26 Å². The number of nitrogens with zero attached hydrogens (tertiary/aromatic N) is 6. The number of para-hydroxylation sites is 1. The molecule has 2 aromatic heterocycles. The number of aromatic nitrogens is 3. The smallest absolute Gasteiger partial charge is 0.350 e. The Bertz CT molecular complexity index is 2030. The maximum atomic E-state index is 16.0. The normalized spacial score (nSPS) is 17.8. The van der Waals surface area contributed by atoms with Gasteiger partial charge in [-0.05, 0) is 43.8 Å². The first-order valence-electron chi connectivity index (χ1n) is 14.5. The van der Waals surface area contributed by atoms with Gasteiger partial charge in [0.25, 0.3) is 0 Å².